The molecule has 21 heavy (non-hydrogen) atoms. The van der Waals surface area contributed by atoms with Gasteiger partial charge in [-0.1, -0.05) is 16.8 Å². The predicted octanol–water partition coefficient (Wildman–Crippen LogP) is 2.21. The number of nitrogens with one attached hydrogen (secondary N) is 1. The summed E-state index contributed by atoms with van der Waals surface area (Å²) >= 11 is 7.41. The van der Waals surface area contributed by atoms with Gasteiger partial charge in [-0.3, -0.25) is 0 Å². The fourth-order valence-corrected chi connectivity index (χ4v) is 3.74. The molecule has 0 atom stereocenters. The molecule has 0 saturated carbocycles. The van der Waals surface area contributed by atoms with Crippen molar-refractivity contribution < 1.29 is 9.90 Å². The van der Waals surface area contributed by atoms with Gasteiger partial charge in [-0.2, -0.15) is 0 Å². The third kappa shape index (κ3) is 3.09. The average molecular weight is 327 g/mol. The third-order valence-electron chi connectivity index (χ3n) is 3.64. The van der Waals surface area contributed by atoms with Crippen molar-refractivity contribution in [2.24, 2.45) is 0 Å². The van der Waals surface area contributed by atoms with E-state index in [1.54, 1.807) is 4.68 Å². The highest BCUT2D eigenvalue weighted by Gasteiger charge is 2.27. The number of hydrogen-bond donors (Lipinski definition) is 2. The molecule has 3 heterocycles. The van der Waals surface area contributed by atoms with Crippen LogP contribution in [0, 0.1) is 0 Å². The summed E-state index contributed by atoms with van der Waals surface area (Å²) in [5.41, 5.74) is 0.804. The van der Waals surface area contributed by atoms with Gasteiger partial charge in [-0.05, 0) is 38.1 Å². The Morgan fingerprint density at radius 3 is 2.86 bits per heavy atom. The molecule has 0 radical (unpaired) electrons. The van der Waals surface area contributed by atoms with E-state index < -0.39 is 5.97 Å². The second kappa shape index (κ2) is 6.13. The summed E-state index contributed by atoms with van der Waals surface area (Å²) in [7, 11) is 0. The van der Waals surface area contributed by atoms with Crippen LogP contribution in [0.4, 0.5) is 0 Å². The highest BCUT2D eigenvalue weighted by Crippen LogP contribution is 2.29. The van der Waals surface area contributed by atoms with Gasteiger partial charge in [0.15, 0.2) is 5.69 Å². The van der Waals surface area contributed by atoms with E-state index in [0.29, 0.717) is 10.9 Å². The van der Waals surface area contributed by atoms with E-state index in [0.717, 1.165) is 36.5 Å². The molecule has 1 saturated heterocycles. The number of halogens is 1. The van der Waals surface area contributed by atoms with E-state index in [4.69, 9.17) is 11.6 Å². The van der Waals surface area contributed by atoms with Gasteiger partial charge in [0.2, 0.25) is 0 Å². The second-order valence-electron chi connectivity index (χ2n) is 5.02. The first-order chi connectivity index (χ1) is 10.1. The molecule has 8 heteroatoms. The molecule has 0 aromatic carbocycles. The van der Waals surface area contributed by atoms with Crippen LogP contribution >= 0.6 is 22.9 Å². The van der Waals surface area contributed by atoms with Gasteiger partial charge in [0.05, 0.1) is 16.6 Å². The van der Waals surface area contributed by atoms with E-state index >= 15 is 0 Å². The molecule has 0 spiro atoms. The Morgan fingerprint density at radius 2 is 2.24 bits per heavy atom. The van der Waals surface area contributed by atoms with Gasteiger partial charge >= 0.3 is 5.97 Å². The van der Waals surface area contributed by atoms with Gasteiger partial charge < -0.3 is 10.4 Å². The van der Waals surface area contributed by atoms with Crippen LogP contribution in [0.3, 0.4) is 0 Å². The molecule has 2 aromatic heterocycles. The Balaban J connectivity index is 1.93. The smallest absolute Gasteiger partial charge is 0.358 e. The number of aromatic carboxylic acids is 1. The summed E-state index contributed by atoms with van der Waals surface area (Å²) in [6.45, 7) is 2.29. The summed E-state index contributed by atoms with van der Waals surface area (Å²) in [4.78, 5) is 12.4. The standard InChI is InChI=1S/C13H15ClN4O2S/c14-10-2-1-9(21-10)7-18-12(8-3-5-15-6-4-8)11(13(19)20)16-17-18/h1-2,8,15H,3-7H2,(H,19,20). The molecule has 1 aliphatic rings. The van der Waals surface area contributed by atoms with Crippen LogP contribution in [0.1, 0.15) is 39.8 Å². The van der Waals surface area contributed by atoms with E-state index in [2.05, 4.69) is 15.6 Å². The van der Waals surface area contributed by atoms with Crippen LogP contribution < -0.4 is 5.32 Å². The van der Waals surface area contributed by atoms with Crippen molar-refractivity contribution in [3.63, 3.8) is 0 Å². The molecule has 0 aliphatic carbocycles. The van der Waals surface area contributed by atoms with Gasteiger partial charge in [0.25, 0.3) is 0 Å². The number of hydrogen-bond acceptors (Lipinski definition) is 5. The monoisotopic (exact) mass is 326 g/mol. The van der Waals surface area contributed by atoms with Crippen molar-refractivity contribution in [2.75, 3.05) is 13.1 Å². The highest BCUT2D eigenvalue weighted by atomic mass is 35.5. The average Bonchev–Trinajstić information content (AvgIpc) is 3.07. The SMILES string of the molecule is O=C(O)c1nnn(Cc2ccc(Cl)s2)c1C1CCNCC1. The summed E-state index contributed by atoms with van der Waals surface area (Å²) in [5, 5.41) is 20.5. The molecule has 0 unspecified atom stereocenters. The maximum Gasteiger partial charge on any atom is 0.358 e. The Hall–Kier alpha value is -1.44. The largest absolute Gasteiger partial charge is 0.476 e. The Labute approximate surface area is 130 Å². The lowest BCUT2D eigenvalue weighted by Crippen LogP contribution is -2.28. The van der Waals surface area contributed by atoms with Crippen LogP contribution in [0.15, 0.2) is 12.1 Å². The van der Waals surface area contributed by atoms with Crippen molar-refractivity contribution >= 4 is 28.9 Å². The maximum atomic E-state index is 11.4. The first-order valence-corrected chi connectivity index (χ1v) is 7.96. The highest BCUT2D eigenvalue weighted by molar-refractivity contribution is 7.16. The summed E-state index contributed by atoms with van der Waals surface area (Å²) < 4.78 is 2.42. The lowest BCUT2D eigenvalue weighted by molar-refractivity contribution is 0.0688. The predicted molar refractivity (Wildman–Crippen MR) is 80.3 cm³/mol. The van der Waals surface area contributed by atoms with Crippen LogP contribution in [-0.2, 0) is 6.54 Å². The van der Waals surface area contributed by atoms with Crippen molar-refractivity contribution in [3.8, 4) is 0 Å². The van der Waals surface area contributed by atoms with Crippen molar-refractivity contribution in [2.45, 2.75) is 25.3 Å². The quantitative estimate of drug-likeness (QED) is 0.900. The van der Waals surface area contributed by atoms with E-state index in [1.165, 1.54) is 11.3 Å². The van der Waals surface area contributed by atoms with Gasteiger partial charge in [-0.25, -0.2) is 9.48 Å². The van der Waals surface area contributed by atoms with Crippen molar-refractivity contribution in [3.05, 3.63) is 32.7 Å². The van der Waals surface area contributed by atoms with E-state index in [-0.39, 0.29) is 11.6 Å². The number of nitrogens with zero attached hydrogens (tertiary/aromatic N) is 3. The number of aromatic nitrogens is 3. The van der Waals surface area contributed by atoms with Crippen LogP contribution in [0.5, 0.6) is 0 Å². The van der Waals surface area contributed by atoms with Crippen LogP contribution in [0.25, 0.3) is 0 Å². The first-order valence-electron chi connectivity index (χ1n) is 6.76. The molecule has 6 nitrogen and oxygen atoms in total. The first kappa shape index (κ1) is 14.5. The number of rotatable bonds is 4. The molecule has 112 valence electrons. The van der Waals surface area contributed by atoms with E-state index in [9.17, 15) is 9.90 Å². The van der Waals surface area contributed by atoms with Gasteiger partial charge in [0, 0.05) is 10.8 Å². The molecule has 1 fully saturated rings. The zero-order valence-corrected chi connectivity index (χ0v) is 12.8. The fourth-order valence-electron chi connectivity index (χ4n) is 2.67. The van der Waals surface area contributed by atoms with Gasteiger partial charge in [0.1, 0.15) is 0 Å². The van der Waals surface area contributed by atoms with Crippen LogP contribution in [0.2, 0.25) is 4.34 Å². The molecule has 0 bridgehead atoms. The zero-order valence-electron chi connectivity index (χ0n) is 11.3. The minimum absolute atomic E-state index is 0.0737. The Bertz CT molecular complexity index is 648. The van der Waals surface area contributed by atoms with Gasteiger partial charge in [-0.15, -0.1) is 16.4 Å². The maximum absolute atomic E-state index is 11.4. The molecule has 1 aliphatic heterocycles. The molecule has 2 aromatic rings. The van der Waals surface area contributed by atoms with Crippen molar-refractivity contribution in [1.82, 2.24) is 20.3 Å². The fraction of sp³-hybridized carbons (Fsp3) is 0.462. The molecule has 2 N–H and O–H groups in total. The Morgan fingerprint density at radius 1 is 1.48 bits per heavy atom. The second-order valence-corrected chi connectivity index (χ2v) is 6.82. The zero-order chi connectivity index (χ0) is 14.8. The van der Waals surface area contributed by atoms with Crippen molar-refractivity contribution in [1.29, 1.82) is 0 Å². The number of thiophene rings is 1. The number of carbonyl (C=O) groups is 1. The Kier molecular flexibility index (Phi) is 4.23. The lowest BCUT2D eigenvalue weighted by Gasteiger charge is -2.23. The minimum Gasteiger partial charge on any atom is -0.476 e. The van der Waals surface area contributed by atoms with Crippen LogP contribution in [-0.4, -0.2) is 39.2 Å². The summed E-state index contributed by atoms with van der Waals surface area (Å²) in [6.07, 6.45) is 1.80. The summed E-state index contributed by atoms with van der Waals surface area (Å²) in [6, 6.07) is 3.77. The molecule has 3 rings (SSSR count). The summed E-state index contributed by atoms with van der Waals surface area (Å²) in [5.74, 6) is -0.832. The lowest BCUT2D eigenvalue weighted by atomic mass is 9.93. The minimum atomic E-state index is -1.01. The number of carboxylic acids is 1. The number of piperidine rings is 1. The molecule has 0 amide bonds. The third-order valence-corrected chi connectivity index (χ3v) is 4.85. The number of carboxylic acid groups (broad SMARTS) is 1. The molecular formula is C13H15ClN4O2S. The van der Waals surface area contributed by atoms with E-state index in [1.807, 2.05) is 12.1 Å². The topological polar surface area (TPSA) is 80.0 Å². The molecular weight excluding hydrogens is 312 g/mol. The normalized spacial score (nSPS) is 16.2.